The van der Waals surface area contributed by atoms with E-state index in [1.165, 1.54) is 0 Å². The summed E-state index contributed by atoms with van der Waals surface area (Å²) < 4.78 is 5.59. The Morgan fingerprint density at radius 1 is 1.19 bits per heavy atom. The maximum Gasteiger partial charge on any atom is 0.255 e. The molecule has 1 aromatic heterocycles. The normalized spacial score (nSPS) is 13.0. The fraction of sp³-hybridized carbons (Fsp3) is 0.286. The van der Waals surface area contributed by atoms with Crippen LogP contribution in [-0.2, 0) is 17.6 Å². The standard InChI is InChI=1S/C21H21N3O3/c1-3-19-23-16-12-15(6-8-18(16)27-19)22-21(26)14-5-7-17-13(11-14)9-10-24(17)20(25)4-2/h5-8,11-12H,3-4,9-10H2,1-2H3,(H,22,26). The third-order valence-electron chi connectivity index (χ3n) is 4.83. The van der Waals surface area contributed by atoms with Crippen molar-refractivity contribution in [2.45, 2.75) is 33.1 Å². The van der Waals surface area contributed by atoms with Crippen LogP contribution in [0, 0.1) is 0 Å². The Labute approximate surface area is 157 Å². The first-order valence-corrected chi connectivity index (χ1v) is 9.23. The third-order valence-corrected chi connectivity index (χ3v) is 4.83. The quantitative estimate of drug-likeness (QED) is 0.762. The van der Waals surface area contributed by atoms with Crippen molar-refractivity contribution in [1.82, 2.24) is 4.98 Å². The molecule has 6 nitrogen and oxygen atoms in total. The van der Waals surface area contributed by atoms with Crippen LogP contribution >= 0.6 is 0 Å². The summed E-state index contributed by atoms with van der Waals surface area (Å²) in [6.45, 7) is 4.52. The van der Waals surface area contributed by atoms with Gasteiger partial charge < -0.3 is 14.6 Å². The molecule has 0 unspecified atom stereocenters. The number of amides is 2. The first-order valence-electron chi connectivity index (χ1n) is 9.23. The van der Waals surface area contributed by atoms with E-state index in [1.54, 1.807) is 17.0 Å². The maximum absolute atomic E-state index is 12.6. The number of aromatic nitrogens is 1. The molecule has 0 fully saturated rings. The SMILES string of the molecule is CCC(=O)N1CCc2cc(C(=O)Nc3ccc4oc(CC)nc4c3)ccc21. The number of carbonyl (C=O) groups excluding carboxylic acids is 2. The molecule has 2 heterocycles. The Morgan fingerprint density at radius 3 is 2.81 bits per heavy atom. The molecule has 3 aromatic rings. The molecular weight excluding hydrogens is 342 g/mol. The number of anilines is 2. The molecule has 0 aliphatic carbocycles. The van der Waals surface area contributed by atoms with Gasteiger partial charge in [0, 0.05) is 36.3 Å². The van der Waals surface area contributed by atoms with Crippen molar-refractivity contribution in [3.05, 3.63) is 53.4 Å². The smallest absolute Gasteiger partial charge is 0.255 e. The zero-order valence-corrected chi connectivity index (χ0v) is 15.4. The van der Waals surface area contributed by atoms with Gasteiger partial charge >= 0.3 is 0 Å². The zero-order chi connectivity index (χ0) is 19.0. The van der Waals surface area contributed by atoms with E-state index in [-0.39, 0.29) is 11.8 Å². The molecule has 2 aromatic carbocycles. The number of nitrogens with zero attached hydrogens (tertiary/aromatic N) is 2. The molecule has 0 saturated heterocycles. The highest BCUT2D eigenvalue weighted by Crippen LogP contribution is 2.30. The van der Waals surface area contributed by atoms with E-state index in [0.717, 1.165) is 29.6 Å². The van der Waals surface area contributed by atoms with Crippen LogP contribution in [0.25, 0.3) is 11.1 Å². The van der Waals surface area contributed by atoms with Crippen molar-refractivity contribution < 1.29 is 14.0 Å². The summed E-state index contributed by atoms with van der Waals surface area (Å²) in [4.78, 5) is 30.8. The van der Waals surface area contributed by atoms with Gasteiger partial charge in [-0.3, -0.25) is 9.59 Å². The number of fused-ring (bicyclic) bond motifs is 2. The van der Waals surface area contributed by atoms with Crippen molar-refractivity contribution in [3.63, 3.8) is 0 Å². The third kappa shape index (κ3) is 3.18. The lowest BCUT2D eigenvalue weighted by Crippen LogP contribution is -2.27. The molecule has 2 amide bonds. The molecule has 0 bridgehead atoms. The van der Waals surface area contributed by atoms with Gasteiger partial charge in [0.2, 0.25) is 5.91 Å². The van der Waals surface area contributed by atoms with Gasteiger partial charge in [-0.2, -0.15) is 0 Å². The Hall–Kier alpha value is -3.15. The molecule has 1 aliphatic rings. The predicted molar refractivity (Wildman–Crippen MR) is 104 cm³/mol. The Morgan fingerprint density at radius 2 is 2.04 bits per heavy atom. The average molecular weight is 363 g/mol. The first kappa shape index (κ1) is 17.3. The summed E-state index contributed by atoms with van der Waals surface area (Å²) in [6, 6.07) is 10.9. The van der Waals surface area contributed by atoms with Crippen LogP contribution in [0.15, 0.2) is 40.8 Å². The molecule has 1 aliphatic heterocycles. The maximum atomic E-state index is 12.6. The zero-order valence-electron chi connectivity index (χ0n) is 15.4. The summed E-state index contributed by atoms with van der Waals surface area (Å²) in [5.74, 6) is 0.605. The number of nitrogens with one attached hydrogen (secondary N) is 1. The monoisotopic (exact) mass is 363 g/mol. The largest absolute Gasteiger partial charge is 0.441 e. The van der Waals surface area contributed by atoms with Crippen LogP contribution < -0.4 is 10.2 Å². The summed E-state index contributed by atoms with van der Waals surface area (Å²) in [5.41, 5.74) is 4.63. The highest BCUT2D eigenvalue weighted by atomic mass is 16.3. The van der Waals surface area contributed by atoms with Gasteiger partial charge in [0.1, 0.15) is 5.52 Å². The van der Waals surface area contributed by atoms with Gasteiger partial charge in [-0.25, -0.2) is 4.98 Å². The number of rotatable bonds is 4. The lowest BCUT2D eigenvalue weighted by Gasteiger charge is -2.16. The number of hydrogen-bond donors (Lipinski definition) is 1. The molecule has 4 rings (SSSR count). The second-order valence-corrected chi connectivity index (χ2v) is 6.59. The summed E-state index contributed by atoms with van der Waals surface area (Å²) in [6.07, 6.45) is 1.97. The molecule has 27 heavy (non-hydrogen) atoms. The van der Waals surface area contributed by atoms with Crippen LogP contribution in [-0.4, -0.2) is 23.3 Å². The lowest BCUT2D eigenvalue weighted by molar-refractivity contribution is -0.118. The van der Waals surface area contributed by atoms with Gasteiger partial charge in [-0.1, -0.05) is 13.8 Å². The Bertz CT molecular complexity index is 1040. The fourth-order valence-corrected chi connectivity index (χ4v) is 3.40. The average Bonchev–Trinajstić information content (AvgIpc) is 3.30. The van der Waals surface area contributed by atoms with Crippen LogP contribution in [0.2, 0.25) is 0 Å². The van der Waals surface area contributed by atoms with E-state index >= 15 is 0 Å². The molecule has 0 radical (unpaired) electrons. The van der Waals surface area contributed by atoms with E-state index in [2.05, 4.69) is 10.3 Å². The van der Waals surface area contributed by atoms with Crippen molar-refractivity contribution >= 4 is 34.3 Å². The van der Waals surface area contributed by atoms with E-state index in [4.69, 9.17) is 4.42 Å². The second kappa shape index (κ2) is 6.87. The van der Waals surface area contributed by atoms with Crippen molar-refractivity contribution in [2.24, 2.45) is 0 Å². The van der Waals surface area contributed by atoms with E-state index in [9.17, 15) is 9.59 Å². The number of aryl methyl sites for hydroxylation is 1. The molecular formula is C21H21N3O3. The molecule has 1 N–H and O–H groups in total. The van der Waals surface area contributed by atoms with Gasteiger partial charge in [0.15, 0.2) is 11.5 Å². The van der Waals surface area contributed by atoms with Crippen LogP contribution in [0.1, 0.15) is 42.1 Å². The van der Waals surface area contributed by atoms with E-state index in [1.807, 2.05) is 38.1 Å². The second-order valence-electron chi connectivity index (χ2n) is 6.59. The minimum absolute atomic E-state index is 0.110. The molecule has 0 atom stereocenters. The number of carbonyl (C=O) groups is 2. The van der Waals surface area contributed by atoms with Crippen molar-refractivity contribution in [1.29, 1.82) is 0 Å². The van der Waals surface area contributed by atoms with Crippen molar-refractivity contribution in [3.8, 4) is 0 Å². The molecule has 0 spiro atoms. The molecule has 138 valence electrons. The summed E-state index contributed by atoms with van der Waals surface area (Å²) >= 11 is 0. The number of benzene rings is 2. The van der Waals surface area contributed by atoms with E-state index < -0.39 is 0 Å². The lowest BCUT2D eigenvalue weighted by atomic mass is 10.1. The molecule has 0 saturated carbocycles. The van der Waals surface area contributed by atoms with Crippen molar-refractivity contribution in [2.75, 3.05) is 16.8 Å². The highest BCUT2D eigenvalue weighted by molar-refractivity contribution is 6.06. The summed E-state index contributed by atoms with van der Waals surface area (Å²) in [5, 5.41) is 2.91. The Balaban J connectivity index is 1.54. The van der Waals surface area contributed by atoms with Gasteiger partial charge in [-0.15, -0.1) is 0 Å². The first-order chi connectivity index (χ1) is 13.1. The predicted octanol–water partition coefficient (Wildman–Crippen LogP) is 3.94. The van der Waals surface area contributed by atoms with Crippen LogP contribution in [0.4, 0.5) is 11.4 Å². The van der Waals surface area contributed by atoms with Crippen LogP contribution in [0.5, 0.6) is 0 Å². The number of oxazole rings is 1. The minimum Gasteiger partial charge on any atom is -0.441 e. The van der Waals surface area contributed by atoms with E-state index in [0.29, 0.717) is 35.7 Å². The minimum atomic E-state index is -0.184. The molecule has 6 heteroatoms. The highest BCUT2D eigenvalue weighted by Gasteiger charge is 2.24. The fourth-order valence-electron chi connectivity index (χ4n) is 3.40. The topological polar surface area (TPSA) is 75.4 Å². The summed E-state index contributed by atoms with van der Waals surface area (Å²) in [7, 11) is 0. The van der Waals surface area contributed by atoms with Crippen LogP contribution in [0.3, 0.4) is 0 Å². The van der Waals surface area contributed by atoms with Gasteiger partial charge in [0.05, 0.1) is 0 Å². The van der Waals surface area contributed by atoms with Gasteiger partial charge in [-0.05, 0) is 48.4 Å². The number of hydrogen-bond acceptors (Lipinski definition) is 4. The van der Waals surface area contributed by atoms with Gasteiger partial charge in [0.25, 0.3) is 5.91 Å². The Kier molecular flexibility index (Phi) is 4.39.